The van der Waals surface area contributed by atoms with Crippen molar-refractivity contribution in [2.24, 2.45) is 5.16 Å². The van der Waals surface area contributed by atoms with Gasteiger partial charge in [-0.05, 0) is 42.7 Å². The molecule has 2 rings (SSSR count). The van der Waals surface area contributed by atoms with Gasteiger partial charge in [-0.2, -0.15) is 0 Å². The van der Waals surface area contributed by atoms with Crippen LogP contribution in [0.1, 0.15) is 12.0 Å². The molecule has 0 aliphatic rings. The van der Waals surface area contributed by atoms with Gasteiger partial charge in [0.2, 0.25) is 0 Å². The molecule has 2 aromatic rings. The van der Waals surface area contributed by atoms with Crippen molar-refractivity contribution in [3.8, 4) is 0 Å². The van der Waals surface area contributed by atoms with Crippen LogP contribution in [-0.2, 0) is 6.42 Å². The Morgan fingerprint density at radius 3 is 2.28 bits per heavy atom. The number of rotatable bonds is 5. The second-order valence-electron chi connectivity index (χ2n) is 3.90. The maximum Gasteiger partial charge on any atom is 0.0439 e. The lowest BCUT2D eigenvalue weighted by Gasteiger charge is -2.03. The lowest BCUT2D eigenvalue weighted by atomic mass is 10.1. The summed E-state index contributed by atoms with van der Waals surface area (Å²) in [5, 5.41) is 11.3. The quantitative estimate of drug-likeness (QED) is 0.494. The van der Waals surface area contributed by atoms with Crippen molar-refractivity contribution < 1.29 is 5.21 Å². The number of hydrogen-bond acceptors (Lipinski definition) is 3. The highest BCUT2D eigenvalue weighted by Crippen LogP contribution is 2.27. The summed E-state index contributed by atoms with van der Waals surface area (Å²) in [6, 6.07) is 18.8. The van der Waals surface area contributed by atoms with Crippen LogP contribution in [0.4, 0.5) is 0 Å². The van der Waals surface area contributed by atoms with E-state index >= 15 is 0 Å². The fourth-order valence-corrected chi connectivity index (χ4v) is 2.48. The monoisotopic (exact) mass is 257 g/mol. The summed E-state index contributed by atoms with van der Waals surface area (Å²) >= 11 is 1.76. The van der Waals surface area contributed by atoms with Gasteiger partial charge in [-0.15, -0.1) is 5.16 Å². The maximum atomic E-state index is 8.32. The fraction of sp³-hybridized carbons (Fsp3) is 0.133. The van der Waals surface area contributed by atoms with E-state index in [2.05, 4.69) is 41.6 Å². The molecule has 2 nitrogen and oxygen atoms in total. The normalized spacial score (nSPS) is 10.9. The van der Waals surface area contributed by atoms with E-state index in [0.29, 0.717) is 0 Å². The summed E-state index contributed by atoms with van der Waals surface area (Å²) in [6.07, 6.45) is 3.19. The molecule has 0 bridgehead atoms. The number of oxime groups is 1. The van der Waals surface area contributed by atoms with Crippen LogP contribution in [0, 0.1) is 0 Å². The molecule has 0 aromatic heterocycles. The summed E-state index contributed by atoms with van der Waals surface area (Å²) in [5.74, 6) is 0. The third-order valence-electron chi connectivity index (χ3n) is 2.55. The summed E-state index contributed by atoms with van der Waals surface area (Å²) in [4.78, 5) is 2.48. The van der Waals surface area contributed by atoms with Crippen LogP contribution < -0.4 is 0 Å². The van der Waals surface area contributed by atoms with E-state index in [0.717, 1.165) is 12.8 Å². The first kappa shape index (κ1) is 12.7. The van der Waals surface area contributed by atoms with Gasteiger partial charge in [0.15, 0.2) is 0 Å². The van der Waals surface area contributed by atoms with Crippen LogP contribution >= 0.6 is 11.8 Å². The van der Waals surface area contributed by atoms with E-state index in [4.69, 9.17) is 5.21 Å². The third-order valence-corrected chi connectivity index (χ3v) is 3.56. The van der Waals surface area contributed by atoms with Crippen LogP contribution in [-0.4, -0.2) is 11.4 Å². The molecule has 0 unspecified atom stereocenters. The SMILES string of the molecule is ON=CCCc1ccc(Sc2ccccc2)cc1. The topological polar surface area (TPSA) is 32.6 Å². The Hall–Kier alpha value is -1.74. The minimum Gasteiger partial charge on any atom is -0.411 e. The zero-order valence-electron chi connectivity index (χ0n) is 9.99. The highest BCUT2D eigenvalue weighted by Gasteiger charge is 1.97. The first-order valence-electron chi connectivity index (χ1n) is 5.86. The van der Waals surface area contributed by atoms with Crippen LogP contribution in [0.15, 0.2) is 69.5 Å². The third kappa shape index (κ3) is 3.93. The van der Waals surface area contributed by atoms with Gasteiger partial charge in [0.05, 0.1) is 0 Å². The molecule has 2 aromatic carbocycles. The predicted octanol–water partition coefficient (Wildman–Crippen LogP) is 4.23. The molecule has 0 radical (unpaired) electrons. The van der Waals surface area contributed by atoms with Gasteiger partial charge in [-0.1, -0.05) is 42.1 Å². The smallest absolute Gasteiger partial charge is 0.0439 e. The fourth-order valence-electron chi connectivity index (χ4n) is 1.64. The summed E-state index contributed by atoms with van der Waals surface area (Å²) in [6.45, 7) is 0. The van der Waals surface area contributed by atoms with Crippen LogP contribution in [0.25, 0.3) is 0 Å². The van der Waals surface area contributed by atoms with Crippen molar-refractivity contribution in [1.82, 2.24) is 0 Å². The average Bonchev–Trinajstić information content (AvgIpc) is 2.42. The standard InChI is InChI=1S/C15H15NOS/c17-16-12-4-5-13-8-10-15(11-9-13)18-14-6-2-1-3-7-14/h1-3,6-12,17H,4-5H2. The van der Waals surface area contributed by atoms with Crippen LogP contribution in [0.3, 0.4) is 0 Å². The van der Waals surface area contributed by atoms with Crippen molar-refractivity contribution >= 4 is 18.0 Å². The zero-order valence-corrected chi connectivity index (χ0v) is 10.8. The van der Waals surface area contributed by atoms with Gasteiger partial charge >= 0.3 is 0 Å². The molecule has 0 aliphatic carbocycles. The molecule has 0 amide bonds. The lowest BCUT2D eigenvalue weighted by molar-refractivity contribution is 0.320. The van der Waals surface area contributed by atoms with Gasteiger partial charge in [0, 0.05) is 16.0 Å². The lowest BCUT2D eigenvalue weighted by Crippen LogP contribution is -1.86. The number of nitrogens with zero attached hydrogens (tertiary/aromatic N) is 1. The molecular formula is C15H15NOS. The van der Waals surface area contributed by atoms with Crippen LogP contribution in [0.2, 0.25) is 0 Å². The molecule has 0 fully saturated rings. The van der Waals surface area contributed by atoms with Crippen LogP contribution in [0.5, 0.6) is 0 Å². The maximum absolute atomic E-state index is 8.32. The molecule has 0 spiro atoms. The Morgan fingerprint density at radius 1 is 0.944 bits per heavy atom. The second kappa shape index (κ2) is 6.87. The molecule has 1 N–H and O–H groups in total. The minimum absolute atomic E-state index is 0.766. The molecule has 0 atom stereocenters. The Morgan fingerprint density at radius 2 is 1.61 bits per heavy atom. The Kier molecular flexibility index (Phi) is 4.85. The zero-order chi connectivity index (χ0) is 12.6. The summed E-state index contributed by atoms with van der Waals surface area (Å²) in [7, 11) is 0. The van der Waals surface area contributed by atoms with Crippen molar-refractivity contribution in [1.29, 1.82) is 0 Å². The average molecular weight is 257 g/mol. The summed E-state index contributed by atoms with van der Waals surface area (Å²) in [5.41, 5.74) is 1.26. The Balaban J connectivity index is 1.95. The van der Waals surface area contributed by atoms with Crippen molar-refractivity contribution in [3.05, 3.63) is 60.2 Å². The molecule has 0 heterocycles. The molecule has 0 saturated heterocycles. The van der Waals surface area contributed by atoms with Crippen molar-refractivity contribution in [2.45, 2.75) is 22.6 Å². The largest absolute Gasteiger partial charge is 0.411 e. The molecular weight excluding hydrogens is 242 g/mol. The minimum atomic E-state index is 0.766. The summed E-state index contributed by atoms with van der Waals surface area (Å²) < 4.78 is 0. The van der Waals surface area contributed by atoms with E-state index in [9.17, 15) is 0 Å². The van der Waals surface area contributed by atoms with Gasteiger partial charge in [0.25, 0.3) is 0 Å². The van der Waals surface area contributed by atoms with Crippen molar-refractivity contribution in [3.63, 3.8) is 0 Å². The van der Waals surface area contributed by atoms with Crippen molar-refractivity contribution in [2.75, 3.05) is 0 Å². The van der Waals surface area contributed by atoms with Gasteiger partial charge in [-0.3, -0.25) is 0 Å². The molecule has 0 saturated carbocycles. The van der Waals surface area contributed by atoms with E-state index in [1.54, 1.807) is 11.8 Å². The van der Waals surface area contributed by atoms with E-state index < -0.39 is 0 Å². The molecule has 3 heteroatoms. The van der Waals surface area contributed by atoms with E-state index in [-0.39, 0.29) is 0 Å². The first-order valence-corrected chi connectivity index (χ1v) is 6.68. The Bertz CT molecular complexity index is 494. The van der Waals surface area contributed by atoms with E-state index in [1.165, 1.54) is 21.6 Å². The van der Waals surface area contributed by atoms with Gasteiger partial charge in [0.1, 0.15) is 0 Å². The van der Waals surface area contributed by atoms with E-state index in [1.807, 2.05) is 18.2 Å². The number of aryl methyl sites for hydroxylation is 1. The van der Waals surface area contributed by atoms with Gasteiger partial charge in [-0.25, -0.2) is 0 Å². The highest BCUT2D eigenvalue weighted by atomic mass is 32.2. The number of benzene rings is 2. The highest BCUT2D eigenvalue weighted by molar-refractivity contribution is 7.99. The molecule has 0 aliphatic heterocycles. The predicted molar refractivity (Wildman–Crippen MR) is 75.6 cm³/mol. The number of hydrogen-bond donors (Lipinski definition) is 1. The molecule has 92 valence electrons. The van der Waals surface area contributed by atoms with Gasteiger partial charge < -0.3 is 5.21 Å². The second-order valence-corrected chi connectivity index (χ2v) is 5.04. The molecule has 18 heavy (non-hydrogen) atoms. The first-order chi connectivity index (χ1) is 8.88. The Labute approximate surface area is 111 Å².